The lowest BCUT2D eigenvalue weighted by Gasteiger charge is -2.32. The third kappa shape index (κ3) is 5.34. The molecule has 9 heteroatoms. The van der Waals surface area contributed by atoms with Crippen LogP contribution in [0.3, 0.4) is 0 Å². The molecule has 1 aromatic heterocycles. The SMILES string of the molecule is Nn1c(SCC(=O)N2CCC(Cc3ccccc3)CC2)nnc1-c1cc(Cl)ccc1Cl. The first-order chi connectivity index (χ1) is 15.0. The molecule has 1 saturated heterocycles. The lowest BCUT2D eigenvalue weighted by Crippen LogP contribution is -2.39. The van der Waals surface area contributed by atoms with Gasteiger partial charge in [-0.3, -0.25) is 4.79 Å². The topological polar surface area (TPSA) is 77.0 Å². The van der Waals surface area contributed by atoms with Crippen LogP contribution in [-0.2, 0) is 11.2 Å². The van der Waals surface area contributed by atoms with Gasteiger partial charge in [0.1, 0.15) is 0 Å². The molecule has 162 valence electrons. The maximum absolute atomic E-state index is 12.7. The summed E-state index contributed by atoms with van der Waals surface area (Å²) in [4.78, 5) is 14.6. The third-order valence-corrected chi connectivity index (χ3v) is 6.99. The zero-order valence-corrected chi connectivity index (χ0v) is 19.2. The van der Waals surface area contributed by atoms with Crippen LogP contribution in [0.25, 0.3) is 11.4 Å². The van der Waals surface area contributed by atoms with Crippen LogP contribution < -0.4 is 5.84 Å². The normalized spacial score (nSPS) is 14.7. The summed E-state index contributed by atoms with van der Waals surface area (Å²) < 4.78 is 1.35. The molecule has 6 nitrogen and oxygen atoms in total. The summed E-state index contributed by atoms with van der Waals surface area (Å²) in [6.07, 6.45) is 3.12. The quantitative estimate of drug-likeness (QED) is 0.418. The molecule has 1 fully saturated rings. The van der Waals surface area contributed by atoms with Gasteiger partial charge in [0, 0.05) is 23.7 Å². The molecule has 0 aliphatic carbocycles. The highest BCUT2D eigenvalue weighted by Gasteiger charge is 2.24. The van der Waals surface area contributed by atoms with Gasteiger partial charge in [0.05, 0.1) is 10.8 Å². The minimum Gasteiger partial charge on any atom is -0.342 e. The summed E-state index contributed by atoms with van der Waals surface area (Å²) >= 11 is 13.6. The van der Waals surface area contributed by atoms with E-state index in [1.165, 1.54) is 22.0 Å². The molecule has 2 N–H and O–H groups in total. The number of thioether (sulfide) groups is 1. The van der Waals surface area contributed by atoms with Crippen molar-refractivity contribution in [2.45, 2.75) is 24.4 Å². The van der Waals surface area contributed by atoms with Crippen LogP contribution >= 0.6 is 35.0 Å². The Morgan fingerprint density at radius 1 is 1.10 bits per heavy atom. The van der Waals surface area contributed by atoms with Crippen LogP contribution in [-0.4, -0.2) is 44.5 Å². The molecule has 4 rings (SSSR count). The van der Waals surface area contributed by atoms with Crippen LogP contribution in [0.15, 0.2) is 53.7 Å². The average Bonchev–Trinajstić information content (AvgIpc) is 3.15. The minimum absolute atomic E-state index is 0.0912. The fourth-order valence-electron chi connectivity index (χ4n) is 3.78. The van der Waals surface area contributed by atoms with Gasteiger partial charge in [0.2, 0.25) is 11.1 Å². The van der Waals surface area contributed by atoms with Crippen molar-refractivity contribution in [2.24, 2.45) is 5.92 Å². The predicted octanol–water partition coefficient (Wildman–Crippen LogP) is 4.54. The van der Waals surface area contributed by atoms with Crippen molar-refractivity contribution in [2.75, 3.05) is 24.7 Å². The van der Waals surface area contributed by atoms with E-state index in [9.17, 15) is 4.79 Å². The second-order valence-corrected chi connectivity index (χ2v) is 9.39. The monoisotopic (exact) mass is 475 g/mol. The van der Waals surface area contributed by atoms with Crippen molar-refractivity contribution in [1.82, 2.24) is 19.8 Å². The zero-order chi connectivity index (χ0) is 21.8. The molecule has 1 aliphatic rings. The maximum atomic E-state index is 12.7. The molecule has 0 atom stereocenters. The van der Waals surface area contributed by atoms with E-state index in [4.69, 9.17) is 29.0 Å². The Bertz CT molecular complexity index is 1050. The molecule has 0 spiro atoms. The molecular weight excluding hydrogens is 453 g/mol. The fraction of sp³-hybridized carbons (Fsp3) is 0.318. The van der Waals surface area contributed by atoms with Gasteiger partial charge in [0.15, 0.2) is 5.82 Å². The van der Waals surface area contributed by atoms with E-state index in [0.29, 0.717) is 32.5 Å². The summed E-state index contributed by atoms with van der Waals surface area (Å²) in [5.41, 5.74) is 1.96. The Morgan fingerprint density at radius 3 is 2.58 bits per heavy atom. The predicted molar refractivity (Wildman–Crippen MR) is 126 cm³/mol. The van der Waals surface area contributed by atoms with Gasteiger partial charge in [-0.1, -0.05) is 65.3 Å². The van der Waals surface area contributed by atoms with E-state index in [2.05, 4.69) is 34.5 Å². The molecule has 1 amide bonds. The summed E-state index contributed by atoms with van der Waals surface area (Å²) in [5.74, 6) is 7.54. The molecule has 2 aromatic carbocycles. The largest absolute Gasteiger partial charge is 0.342 e. The average molecular weight is 476 g/mol. The number of carbonyl (C=O) groups excluding carboxylic acids is 1. The fourth-order valence-corrected chi connectivity index (χ4v) is 4.91. The Labute approximate surface area is 195 Å². The molecule has 2 heterocycles. The molecule has 31 heavy (non-hydrogen) atoms. The van der Waals surface area contributed by atoms with Crippen LogP contribution in [0.1, 0.15) is 18.4 Å². The van der Waals surface area contributed by atoms with E-state index in [1.54, 1.807) is 18.2 Å². The van der Waals surface area contributed by atoms with Crippen molar-refractivity contribution in [3.8, 4) is 11.4 Å². The van der Waals surface area contributed by atoms with Crippen LogP contribution in [0.5, 0.6) is 0 Å². The van der Waals surface area contributed by atoms with E-state index >= 15 is 0 Å². The van der Waals surface area contributed by atoms with Crippen molar-refractivity contribution in [3.63, 3.8) is 0 Å². The highest BCUT2D eigenvalue weighted by molar-refractivity contribution is 7.99. The number of halogens is 2. The van der Waals surface area contributed by atoms with Gasteiger partial charge in [-0.2, -0.15) is 0 Å². The summed E-state index contributed by atoms with van der Waals surface area (Å²) in [7, 11) is 0. The van der Waals surface area contributed by atoms with Gasteiger partial charge in [-0.25, -0.2) is 4.68 Å². The van der Waals surface area contributed by atoms with Crippen LogP contribution in [0, 0.1) is 5.92 Å². The van der Waals surface area contributed by atoms with Gasteiger partial charge >= 0.3 is 0 Å². The van der Waals surface area contributed by atoms with Crippen molar-refractivity contribution >= 4 is 40.9 Å². The van der Waals surface area contributed by atoms with Crippen molar-refractivity contribution < 1.29 is 4.79 Å². The number of amides is 1. The number of likely N-dealkylation sites (tertiary alicyclic amines) is 1. The summed E-state index contributed by atoms with van der Waals surface area (Å²) in [5, 5.41) is 9.71. The number of hydrogen-bond donors (Lipinski definition) is 1. The first kappa shape index (κ1) is 22.0. The maximum Gasteiger partial charge on any atom is 0.233 e. The van der Waals surface area contributed by atoms with Gasteiger partial charge < -0.3 is 10.7 Å². The Balaban J connectivity index is 1.31. The molecular formula is C22H23Cl2N5OS. The number of nitrogen functional groups attached to an aromatic ring is 1. The standard InChI is InChI=1S/C22H23Cl2N5OS/c23-17-6-7-19(24)18(13-17)21-26-27-22(29(21)25)31-14-20(30)28-10-8-16(9-11-28)12-15-4-2-1-3-5-15/h1-7,13,16H,8-12,14,25H2. The number of aromatic nitrogens is 3. The van der Waals surface area contributed by atoms with Gasteiger partial charge in [-0.15, -0.1) is 10.2 Å². The number of nitrogens with zero attached hydrogens (tertiary/aromatic N) is 4. The summed E-state index contributed by atoms with van der Waals surface area (Å²) in [6.45, 7) is 1.57. The van der Waals surface area contributed by atoms with E-state index in [-0.39, 0.29) is 11.7 Å². The Morgan fingerprint density at radius 2 is 1.84 bits per heavy atom. The van der Waals surface area contributed by atoms with E-state index in [1.807, 2.05) is 11.0 Å². The number of piperidine rings is 1. The molecule has 0 saturated carbocycles. The van der Waals surface area contributed by atoms with Crippen LogP contribution in [0.4, 0.5) is 0 Å². The number of carbonyl (C=O) groups is 1. The number of rotatable bonds is 6. The Hall–Kier alpha value is -2.22. The van der Waals surface area contributed by atoms with Crippen molar-refractivity contribution in [1.29, 1.82) is 0 Å². The van der Waals surface area contributed by atoms with E-state index in [0.717, 1.165) is 32.4 Å². The highest BCUT2D eigenvalue weighted by atomic mass is 35.5. The van der Waals surface area contributed by atoms with Crippen LogP contribution in [0.2, 0.25) is 10.0 Å². The lowest BCUT2D eigenvalue weighted by molar-refractivity contribution is -0.129. The smallest absolute Gasteiger partial charge is 0.233 e. The summed E-state index contributed by atoms with van der Waals surface area (Å²) in [6, 6.07) is 15.6. The molecule has 1 aliphatic heterocycles. The van der Waals surface area contributed by atoms with Gasteiger partial charge in [-0.05, 0) is 48.9 Å². The van der Waals surface area contributed by atoms with E-state index < -0.39 is 0 Å². The molecule has 0 radical (unpaired) electrons. The first-order valence-corrected chi connectivity index (χ1v) is 11.9. The number of nitrogens with two attached hydrogens (primary N) is 1. The number of hydrogen-bond acceptors (Lipinski definition) is 5. The number of benzene rings is 2. The molecule has 3 aromatic rings. The minimum atomic E-state index is 0.0912. The first-order valence-electron chi connectivity index (χ1n) is 10.1. The zero-order valence-electron chi connectivity index (χ0n) is 16.9. The van der Waals surface area contributed by atoms with Gasteiger partial charge in [0.25, 0.3) is 0 Å². The van der Waals surface area contributed by atoms with Crippen molar-refractivity contribution in [3.05, 3.63) is 64.1 Å². The second kappa shape index (κ2) is 9.94. The molecule has 0 unspecified atom stereocenters. The lowest BCUT2D eigenvalue weighted by atomic mass is 9.90. The second-order valence-electron chi connectivity index (χ2n) is 7.60. The highest BCUT2D eigenvalue weighted by Crippen LogP contribution is 2.30. The molecule has 0 bridgehead atoms. The third-order valence-electron chi connectivity index (χ3n) is 5.49. The Kier molecular flexibility index (Phi) is 7.05.